The van der Waals surface area contributed by atoms with Crippen LogP contribution >= 0.6 is 0 Å². The second-order valence-corrected chi connectivity index (χ2v) is 10.7. The van der Waals surface area contributed by atoms with Crippen LogP contribution in [0.4, 0.5) is 0 Å². The van der Waals surface area contributed by atoms with Crippen LogP contribution in [-0.2, 0) is 4.79 Å². The van der Waals surface area contributed by atoms with Crippen molar-refractivity contribution in [1.29, 1.82) is 0 Å². The molecule has 0 bridgehead atoms. The SMILES string of the molecule is CCCCCCCCCCCCCCCCCCCCCCCCCCC(=O)Oc1ccccc1. The molecule has 0 radical (unpaired) electrons. The van der Waals surface area contributed by atoms with Gasteiger partial charge in [-0.15, -0.1) is 0 Å². The second-order valence-electron chi connectivity index (χ2n) is 10.7. The molecule has 0 atom stereocenters. The van der Waals surface area contributed by atoms with E-state index in [2.05, 4.69) is 6.92 Å². The number of carbonyl (C=O) groups is 1. The van der Waals surface area contributed by atoms with E-state index in [4.69, 9.17) is 4.74 Å². The first kappa shape index (κ1) is 31.7. The highest BCUT2D eigenvalue weighted by atomic mass is 16.5. The second kappa shape index (κ2) is 25.8. The first-order valence-corrected chi connectivity index (χ1v) is 15.6. The average molecular weight is 487 g/mol. The molecule has 2 heteroatoms. The van der Waals surface area contributed by atoms with Crippen molar-refractivity contribution < 1.29 is 9.53 Å². The maximum absolute atomic E-state index is 11.8. The minimum absolute atomic E-state index is 0.102. The maximum atomic E-state index is 11.8. The van der Waals surface area contributed by atoms with E-state index >= 15 is 0 Å². The zero-order valence-electron chi connectivity index (χ0n) is 23.4. The fourth-order valence-electron chi connectivity index (χ4n) is 4.90. The predicted octanol–water partition coefficient (Wildman–Crippen LogP) is 11.4. The molecule has 2 nitrogen and oxygen atoms in total. The summed E-state index contributed by atoms with van der Waals surface area (Å²) in [5.74, 6) is 0.553. The van der Waals surface area contributed by atoms with E-state index in [-0.39, 0.29) is 5.97 Å². The zero-order valence-corrected chi connectivity index (χ0v) is 23.4. The summed E-state index contributed by atoms with van der Waals surface area (Å²) in [5, 5.41) is 0. The van der Waals surface area contributed by atoms with Crippen molar-refractivity contribution in [3.63, 3.8) is 0 Å². The molecule has 0 aromatic heterocycles. The maximum Gasteiger partial charge on any atom is 0.311 e. The van der Waals surface area contributed by atoms with Gasteiger partial charge in [0.15, 0.2) is 0 Å². The first-order chi connectivity index (χ1) is 17.3. The third-order valence-corrected chi connectivity index (χ3v) is 7.21. The van der Waals surface area contributed by atoms with Gasteiger partial charge in [-0.05, 0) is 18.6 Å². The topological polar surface area (TPSA) is 26.3 Å². The third-order valence-electron chi connectivity index (χ3n) is 7.21. The van der Waals surface area contributed by atoms with E-state index in [1.807, 2.05) is 30.3 Å². The Kier molecular flexibility index (Phi) is 23.4. The minimum Gasteiger partial charge on any atom is -0.427 e. The molecule has 0 unspecified atom stereocenters. The molecular formula is C33H58O2. The van der Waals surface area contributed by atoms with Crippen LogP contribution in [0.1, 0.15) is 167 Å². The number of benzene rings is 1. The Balaban J connectivity index is 1.68. The van der Waals surface area contributed by atoms with E-state index in [9.17, 15) is 4.79 Å². The molecule has 0 N–H and O–H groups in total. The Hall–Kier alpha value is -1.31. The number of unbranched alkanes of at least 4 members (excludes halogenated alkanes) is 23. The van der Waals surface area contributed by atoms with Gasteiger partial charge in [0.25, 0.3) is 0 Å². The van der Waals surface area contributed by atoms with Crippen molar-refractivity contribution in [2.45, 2.75) is 167 Å². The van der Waals surface area contributed by atoms with Crippen LogP contribution in [0.3, 0.4) is 0 Å². The van der Waals surface area contributed by atoms with Crippen molar-refractivity contribution in [2.24, 2.45) is 0 Å². The number of carbonyl (C=O) groups excluding carboxylic acids is 1. The molecule has 0 heterocycles. The van der Waals surface area contributed by atoms with E-state index in [0.29, 0.717) is 12.2 Å². The highest BCUT2D eigenvalue weighted by molar-refractivity contribution is 5.72. The molecule has 35 heavy (non-hydrogen) atoms. The fourth-order valence-corrected chi connectivity index (χ4v) is 4.90. The van der Waals surface area contributed by atoms with Crippen molar-refractivity contribution in [3.8, 4) is 5.75 Å². The molecule has 0 aliphatic heterocycles. The number of hydrogen-bond acceptors (Lipinski definition) is 2. The number of esters is 1. The van der Waals surface area contributed by atoms with Gasteiger partial charge in [-0.1, -0.05) is 173 Å². The lowest BCUT2D eigenvalue weighted by Crippen LogP contribution is -2.07. The summed E-state index contributed by atoms with van der Waals surface area (Å²) in [5.41, 5.74) is 0. The minimum atomic E-state index is -0.102. The van der Waals surface area contributed by atoms with Crippen molar-refractivity contribution >= 4 is 5.97 Å². The lowest BCUT2D eigenvalue weighted by Gasteiger charge is -2.05. The molecule has 0 aliphatic rings. The Morgan fingerprint density at radius 2 is 0.800 bits per heavy atom. The fraction of sp³-hybridized carbons (Fsp3) is 0.788. The lowest BCUT2D eigenvalue weighted by atomic mass is 10.0. The number of ether oxygens (including phenoxy) is 1. The van der Waals surface area contributed by atoms with Gasteiger partial charge in [-0.2, -0.15) is 0 Å². The smallest absolute Gasteiger partial charge is 0.311 e. The first-order valence-electron chi connectivity index (χ1n) is 15.6. The largest absolute Gasteiger partial charge is 0.427 e. The van der Waals surface area contributed by atoms with Crippen molar-refractivity contribution in [1.82, 2.24) is 0 Å². The standard InChI is InChI=1S/C33H58O2/c1-2-3-4-5-6-7-8-9-10-11-12-13-14-15-16-17-18-19-20-21-22-23-24-28-31-33(34)35-32-29-26-25-27-30-32/h25-27,29-30H,2-24,28,31H2,1H3. The number of hydrogen-bond donors (Lipinski definition) is 0. The summed E-state index contributed by atoms with van der Waals surface area (Å²) in [6.45, 7) is 2.30. The lowest BCUT2D eigenvalue weighted by molar-refractivity contribution is -0.134. The van der Waals surface area contributed by atoms with Crippen molar-refractivity contribution in [2.75, 3.05) is 0 Å². The van der Waals surface area contributed by atoms with Gasteiger partial charge in [0.05, 0.1) is 0 Å². The molecule has 1 rings (SSSR count). The Morgan fingerprint density at radius 3 is 1.14 bits per heavy atom. The Labute approximate surface area is 219 Å². The van der Waals surface area contributed by atoms with E-state index in [1.165, 1.54) is 141 Å². The predicted molar refractivity (Wildman–Crippen MR) is 153 cm³/mol. The van der Waals surface area contributed by atoms with Crippen LogP contribution in [0.5, 0.6) is 5.75 Å². The number of rotatable bonds is 26. The Bertz CT molecular complexity index is 553. The normalized spacial score (nSPS) is 11.1. The molecule has 0 spiro atoms. The summed E-state index contributed by atoms with van der Waals surface area (Å²) < 4.78 is 5.33. The summed E-state index contributed by atoms with van der Waals surface area (Å²) in [7, 11) is 0. The zero-order chi connectivity index (χ0) is 25.1. The Morgan fingerprint density at radius 1 is 0.486 bits per heavy atom. The van der Waals surface area contributed by atoms with Crippen LogP contribution in [0.25, 0.3) is 0 Å². The quantitative estimate of drug-likeness (QED) is 0.0739. The van der Waals surface area contributed by atoms with Gasteiger partial charge in [0, 0.05) is 6.42 Å². The van der Waals surface area contributed by atoms with Crippen LogP contribution < -0.4 is 4.74 Å². The molecule has 0 fully saturated rings. The van der Waals surface area contributed by atoms with Crippen LogP contribution in [0.2, 0.25) is 0 Å². The van der Waals surface area contributed by atoms with Gasteiger partial charge >= 0.3 is 5.97 Å². The molecule has 1 aromatic carbocycles. The highest BCUT2D eigenvalue weighted by Crippen LogP contribution is 2.16. The van der Waals surface area contributed by atoms with Gasteiger partial charge in [0.1, 0.15) is 5.75 Å². The summed E-state index contributed by atoms with van der Waals surface area (Å²) in [6.07, 6.45) is 34.0. The van der Waals surface area contributed by atoms with Gasteiger partial charge in [-0.25, -0.2) is 0 Å². The van der Waals surface area contributed by atoms with Gasteiger partial charge < -0.3 is 4.74 Å². The molecule has 0 aliphatic carbocycles. The van der Waals surface area contributed by atoms with Crippen molar-refractivity contribution in [3.05, 3.63) is 30.3 Å². The average Bonchev–Trinajstić information content (AvgIpc) is 2.87. The molecule has 0 saturated heterocycles. The van der Waals surface area contributed by atoms with E-state index in [1.54, 1.807) is 0 Å². The van der Waals surface area contributed by atoms with Crippen LogP contribution in [0, 0.1) is 0 Å². The van der Waals surface area contributed by atoms with E-state index < -0.39 is 0 Å². The highest BCUT2D eigenvalue weighted by Gasteiger charge is 2.04. The van der Waals surface area contributed by atoms with E-state index in [0.717, 1.165) is 12.8 Å². The summed E-state index contributed by atoms with van der Waals surface area (Å²) >= 11 is 0. The molecule has 0 amide bonds. The third kappa shape index (κ3) is 22.9. The molecule has 1 aromatic rings. The molecular weight excluding hydrogens is 428 g/mol. The summed E-state index contributed by atoms with van der Waals surface area (Å²) in [4.78, 5) is 11.8. The monoisotopic (exact) mass is 486 g/mol. The molecule has 202 valence electrons. The van der Waals surface area contributed by atoms with Crippen LogP contribution in [-0.4, -0.2) is 5.97 Å². The number of para-hydroxylation sites is 1. The van der Waals surface area contributed by atoms with Gasteiger partial charge in [-0.3, -0.25) is 4.79 Å². The van der Waals surface area contributed by atoms with Crippen LogP contribution in [0.15, 0.2) is 30.3 Å². The molecule has 0 saturated carbocycles. The van der Waals surface area contributed by atoms with Gasteiger partial charge in [0.2, 0.25) is 0 Å². The summed E-state index contributed by atoms with van der Waals surface area (Å²) in [6, 6.07) is 9.38.